The molecule has 0 bridgehead atoms. The van der Waals surface area contributed by atoms with Gasteiger partial charge >= 0.3 is 5.97 Å². The van der Waals surface area contributed by atoms with E-state index in [0.29, 0.717) is 18.1 Å². The van der Waals surface area contributed by atoms with Crippen LogP contribution >= 0.6 is 27.3 Å². The number of hydrogen-bond donors (Lipinski definition) is 2. The number of thiophene rings is 1. The van der Waals surface area contributed by atoms with E-state index in [1.54, 1.807) is 30.0 Å². The number of aryl methyl sites for hydroxylation is 2. The molecule has 0 radical (unpaired) electrons. The summed E-state index contributed by atoms with van der Waals surface area (Å²) in [5, 5.41) is 18.4. The normalized spacial score (nSPS) is 10.6. The van der Waals surface area contributed by atoms with Crippen LogP contribution in [0.25, 0.3) is 0 Å². The minimum absolute atomic E-state index is 0.227. The highest BCUT2D eigenvalue weighted by Crippen LogP contribution is 2.25. The quantitative estimate of drug-likeness (QED) is 0.905. The second kappa shape index (κ2) is 5.11. The van der Waals surface area contributed by atoms with Gasteiger partial charge in [0.25, 0.3) is 0 Å². The van der Waals surface area contributed by atoms with Crippen molar-refractivity contribution < 1.29 is 9.90 Å². The topological polar surface area (TPSA) is 67.2 Å². The van der Waals surface area contributed by atoms with Crippen molar-refractivity contribution in [3.8, 4) is 0 Å². The van der Waals surface area contributed by atoms with Gasteiger partial charge in [0.1, 0.15) is 11.4 Å². The van der Waals surface area contributed by atoms with Gasteiger partial charge in [0, 0.05) is 16.4 Å². The summed E-state index contributed by atoms with van der Waals surface area (Å²) in [6, 6.07) is 1.97. The van der Waals surface area contributed by atoms with Gasteiger partial charge in [-0.3, -0.25) is 4.68 Å². The van der Waals surface area contributed by atoms with Crippen molar-refractivity contribution in [2.24, 2.45) is 7.05 Å². The molecule has 0 saturated carbocycles. The molecule has 0 amide bonds. The van der Waals surface area contributed by atoms with Crippen LogP contribution in [0.2, 0.25) is 0 Å². The van der Waals surface area contributed by atoms with Gasteiger partial charge in [-0.05, 0) is 34.3 Å². The summed E-state index contributed by atoms with van der Waals surface area (Å²) < 4.78 is 2.58. The fourth-order valence-corrected chi connectivity index (χ4v) is 3.16. The predicted molar refractivity (Wildman–Crippen MR) is 74.3 cm³/mol. The minimum atomic E-state index is -0.964. The number of rotatable bonds is 4. The SMILES string of the molecule is Cc1nn(C)c(NCc2sccc2Br)c1C(=O)O. The van der Waals surface area contributed by atoms with E-state index in [1.807, 2.05) is 11.4 Å². The summed E-state index contributed by atoms with van der Waals surface area (Å²) in [4.78, 5) is 12.3. The van der Waals surface area contributed by atoms with Gasteiger partial charge in [-0.1, -0.05) is 0 Å². The highest BCUT2D eigenvalue weighted by atomic mass is 79.9. The van der Waals surface area contributed by atoms with E-state index >= 15 is 0 Å². The molecule has 5 nitrogen and oxygen atoms in total. The Morgan fingerprint density at radius 1 is 1.67 bits per heavy atom. The van der Waals surface area contributed by atoms with Crippen LogP contribution in [0.1, 0.15) is 20.9 Å². The molecule has 0 aliphatic carbocycles. The zero-order valence-electron chi connectivity index (χ0n) is 9.90. The minimum Gasteiger partial charge on any atom is -0.477 e. The highest BCUT2D eigenvalue weighted by Gasteiger charge is 2.19. The van der Waals surface area contributed by atoms with E-state index in [9.17, 15) is 9.90 Å². The number of anilines is 1. The molecule has 18 heavy (non-hydrogen) atoms. The lowest BCUT2D eigenvalue weighted by atomic mass is 10.2. The maximum absolute atomic E-state index is 11.2. The van der Waals surface area contributed by atoms with Crippen molar-refractivity contribution in [1.82, 2.24) is 9.78 Å². The molecule has 0 atom stereocenters. The van der Waals surface area contributed by atoms with Crippen molar-refractivity contribution in [2.45, 2.75) is 13.5 Å². The van der Waals surface area contributed by atoms with Crippen molar-refractivity contribution >= 4 is 39.1 Å². The van der Waals surface area contributed by atoms with E-state index in [0.717, 1.165) is 9.35 Å². The maximum atomic E-state index is 11.2. The first-order valence-electron chi connectivity index (χ1n) is 5.23. The smallest absolute Gasteiger partial charge is 0.341 e. The van der Waals surface area contributed by atoms with Crippen LogP contribution in [-0.4, -0.2) is 20.9 Å². The Morgan fingerprint density at radius 2 is 2.39 bits per heavy atom. The highest BCUT2D eigenvalue weighted by molar-refractivity contribution is 9.10. The monoisotopic (exact) mass is 329 g/mol. The maximum Gasteiger partial charge on any atom is 0.341 e. The third-order valence-corrected chi connectivity index (χ3v) is 4.47. The number of aromatic nitrogens is 2. The molecule has 0 spiro atoms. The second-order valence-electron chi connectivity index (χ2n) is 3.78. The third kappa shape index (κ3) is 2.41. The zero-order valence-corrected chi connectivity index (χ0v) is 12.3. The van der Waals surface area contributed by atoms with E-state index in [-0.39, 0.29) is 5.56 Å². The van der Waals surface area contributed by atoms with Gasteiger partial charge in [0.05, 0.1) is 12.2 Å². The Kier molecular flexibility index (Phi) is 3.72. The van der Waals surface area contributed by atoms with Gasteiger partial charge in [0.15, 0.2) is 0 Å². The number of nitrogens with one attached hydrogen (secondary N) is 1. The summed E-state index contributed by atoms with van der Waals surface area (Å²) >= 11 is 5.05. The van der Waals surface area contributed by atoms with Crippen LogP contribution in [0.15, 0.2) is 15.9 Å². The van der Waals surface area contributed by atoms with Gasteiger partial charge in [-0.2, -0.15) is 5.10 Å². The fourth-order valence-electron chi connectivity index (χ4n) is 1.73. The van der Waals surface area contributed by atoms with E-state index in [2.05, 4.69) is 26.3 Å². The zero-order chi connectivity index (χ0) is 13.3. The van der Waals surface area contributed by atoms with Gasteiger partial charge in [-0.15, -0.1) is 11.3 Å². The van der Waals surface area contributed by atoms with Gasteiger partial charge < -0.3 is 10.4 Å². The number of halogens is 1. The predicted octanol–water partition coefficient (Wildman–Crippen LogP) is 2.86. The molecule has 2 rings (SSSR count). The fraction of sp³-hybridized carbons (Fsp3) is 0.273. The molecule has 0 saturated heterocycles. The summed E-state index contributed by atoms with van der Waals surface area (Å²) in [5.74, 6) is -0.436. The number of nitrogens with zero attached hydrogens (tertiary/aromatic N) is 2. The molecule has 2 N–H and O–H groups in total. The molecule has 2 aromatic rings. The molecule has 96 valence electrons. The average Bonchev–Trinajstić information content (AvgIpc) is 2.79. The number of carboxylic acid groups (broad SMARTS) is 1. The molecule has 2 aromatic heterocycles. The van der Waals surface area contributed by atoms with Crippen molar-refractivity contribution in [2.75, 3.05) is 5.32 Å². The van der Waals surface area contributed by atoms with E-state index in [4.69, 9.17) is 0 Å². The number of carbonyl (C=O) groups is 1. The Labute approximate surface area is 117 Å². The molecule has 0 aromatic carbocycles. The van der Waals surface area contributed by atoms with Crippen molar-refractivity contribution in [3.63, 3.8) is 0 Å². The molecular weight excluding hydrogens is 318 g/mol. The number of hydrogen-bond acceptors (Lipinski definition) is 4. The molecule has 0 aliphatic rings. The summed E-state index contributed by atoms with van der Waals surface area (Å²) in [6.07, 6.45) is 0. The summed E-state index contributed by atoms with van der Waals surface area (Å²) in [6.45, 7) is 2.26. The summed E-state index contributed by atoms with van der Waals surface area (Å²) in [7, 11) is 1.73. The van der Waals surface area contributed by atoms with Crippen LogP contribution in [0.4, 0.5) is 5.82 Å². The van der Waals surface area contributed by atoms with Crippen molar-refractivity contribution in [1.29, 1.82) is 0 Å². The van der Waals surface area contributed by atoms with E-state index in [1.165, 1.54) is 0 Å². The Morgan fingerprint density at radius 3 is 2.94 bits per heavy atom. The van der Waals surface area contributed by atoms with Gasteiger partial charge in [0.2, 0.25) is 0 Å². The Bertz CT molecular complexity index is 591. The first kappa shape index (κ1) is 13.1. The van der Waals surface area contributed by atoms with Gasteiger partial charge in [-0.25, -0.2) is 4.79 Å². The molecule has 0 fully saturated rings. The second-order valence-corrected chi connectivity index (χ2v) is 5.64. The Hall–Kier alpha value is -1.34. The van der Waals surface area contributed by atoms with Crippen LogP contribution in [0, 0.1) is 6.92 Å². The first-order chi connectivity index (χ1) is 8.50. The molecule has 0 unspecified atom stereocenters. The molecular formula is C11H12BrN3O2S. The van der Waals surface area contributed by atoms with Crippen LogP contribution in [0.5, 0.6) is 0 Å². The average molecular weight is 330 g/mol. The number of carboxylic acids is 1. The van der Waals surface area contributed by atoms with Crippen LogP contribution in [-0.2, 0) is 13.6 Å². The van der Waals surface area contributed by atoms with Crippen LogP contribution < -0.4 is 5.32 Å². The largest absolute Gasteiger partial charge is 0.477 e. The lowest BCUT2D eigenvalue weighted by molar-refractivity contribution is 0.0697. The van der Waals surface area contributed by atoms with Crippen molar-refractivity contribution in [3.05, 3.63) is 32.1 Å². The molecule has 2 heterocycles. The summed E-state index contributed by atoms with van der Waals surface area (Å²) in [5.41, 5.74) is 0.739. The van der Waals surface area contributed by atoms with Crippen LogP contribution in [0.3, 0.4) is 0 Å². The standard InChI is InChI=1S/C11H12BrN3O2S/c1-6-9(11(16)17)10(15(2)14-6)13-5-8-7(12)3-4-18-8/h3-4,13H,5H2,1-2H3,(H,16,17). The molecule has 7 heteroatoms. The lowest BCUT2D eigenvalue weighted by Crippen LogP contribution is -2.08. The first-order valence-corrected chi connectivity index (χ1v) is 6.90. The Balaban J connectivity index is 2.24. The third-order valence-electron chi connectivity index (χ3n) is 2.54. The van der Waals surface area contributed by atoms with E-state index < -0.39 is 5.97 Å². The molecule has 0 aliphatic heterocycles. The number of aromatic carboxylic acids is 1. The lowest BCUT2D eigenvalue weighted by Gasteiger charge is -2.07.